The minimum Gasteiger partial charge on any atom is -0.381 e. The molecule has 70 valence electrons. The Bertz CT molecular complexity index is 153. The fourth-order valence-corrected chi connectivity index (χ4v) is 1.30. The van der Waals surface area contributed by atoms with E-state index in [0.717, 1.165) is 19.6 Å². The second kappa shape index (κ2) is 4.58. The number of ether oxygens (including phenoxy) is 1. The van der Waals surface area contributed by atoms with Crippen LogP contribution in [-0.4, -0.2) is 44.0 Å². The molecule has 0 radical (unpaired) electrons. The topological polar surface area (TPSA) is 29.5 Å². The predicted molar refractivity (Wildman–Crippen MR) is 47.1 cm³/mol. The molecule has 0 amide bonds. The Labute approximate surface area is 73.7 Å². The van der Waals surface area contributed by atoms with Gasteiger partial charge >= 0.3 is 0 Å². The predicted octanol–water partition coefficient (Wildman–Crippen LogP) is 0.544. The van der Waals surface area contributed by atoms with Gasteiger partial charge in [-0.1, -0.05) is 6.92 Å². The molecule has 0 aromatic carbocycles. The van der Waals surface area contributed by atoms with E-state index in [-0.39, 0.29) is 5.92 Å². The zero-order valence-electron chi connectivity index (χ0n) is 7.88. The Morgan fingerprint density at radius 2 is 2.42 bits per heavy atom. The fraction of sp³-hybridized carbons (Fsp3) is 0.889. The first-order chi connectivity index (χ1) is 5.74. The SMILES string of the molecule is CCN(C)CC(=O)C1CCOC1. The Kier molecular flexibility index (Phi) is 3.69. The fourth-order valence-electron chi connectivity index (χ4n) is 1.30. The van der Waals surface area contributed by atoms with Crippen molar-refractivity contribution in [3.05, 3.63) is 0 Å². The van der Waals surface area contributed by atoms with Crippen LogP contribution in [0.4, 0.5) is 0 Å². The molecule has 1 aliphatic heterocycles. The smallest absolute Gasteiger partial charge is 0.152 e. The van der Waals surface area contributed by atoms with E-state index in [0.29, 0.717) is 18.9 Å². The van der Waals surface area contributed by atoms with Gasteiger partial charge in [-0.15, -0.1) is 0 Å². The molecule has 3 heteroatoms. The molecule has 12 heavy (non-hydrogen) atoms. The van der Waals surface area contributed by atoms with Crippen LogP contribution in [0.1, 0.15) is 13.3 Å². The summed E-state index contributed by atoms with van der Waals surface area (Å²) in [5, 5.41) is 0. The number of Topliss-reactive ketones (excluding diaryl/α,β-unsaturated/α-hetero) is 1. The lowest BCUT2D eigenvalue weighted by Crippen LogP contribution is -2.30. The maximum absolute atomic E-state index is 11.5. The molecule has 1 saturated heterocycles. The molecule has 1 heterocycles. The summed E-state index contributed by atoms with van der Waals surface area (Å²) in [7, 11) is 1.97. The van der Waals surface area contributed by atoms with E-state index in [4.69, 9.17) is 4.74 Å². The van der Waals surface area contributed by atoms with E-state index in [9.17, 15) is 4.79 Å². The largest absolute Gasteiger partial charge is 0.381 e. The molecule has 0 bridgehead atoms. The van der Waals surface area contributed by atoms with Crippen molar-refractivity contribution in [1.82, 2.24) is 4.90 Å². The molecule has 0 saturated carbocycles. The Morgan fingerprint density at radius 3 is 2.92 bits per heavy atom. The van der Waals surface area contributed by atoms with E-state index in [1.54, 1.807) is 0 Å². The second-order valence-electron chi connectivity index (χ2n) is 3.36. The summed E-state index contributed by atoms with van der Waals surface area (Å²) >= 11 is 0. The minimum atomic E-state index is 0.166. The van der Waals surface area contributed by atoms with Crippen molar-refractivity contribution in [2.75, 3.05) is 33.4 Å². The summed E-state index contributed by atoms with van der Waals surface area (Å²) in [5.74, 6) is 0.496. The molecule has 1 aliphatic rings. The number of nitrogens with zero attached hydrogens (tertiary/aromatic N) is 1. The zero-order chi connectivity index (χ0) is 8.97. The zero-order valence-corrected chi connectivity index (χ0v) is 7.88. The van der Waals surface area contributed by atoms with Crippen LogP contribution in [-0.2, 0) is 9.53 Å². The van der Waals surface area contributed by atoms with Gasteiger partial charge in [0, 0.05) is 12.5 Å². The summed E-state index contributed by atoms with van der Waals surface area (Å²) < 4.78 is 5.15. The highest BCUT2D eigenvalue weighted by Gasteiger charge is 2.23. The standard InChI is InChI=1S/C9H17NO2/c1-3-10(2)6-9(11)8-4-5-12-7-8/h8H,3-7H2,1-2H3. The van der Waals surface area contributed by atoms with Crippen molar-refractivity contribution >= 4 is 5.78 Å². The van der Waals surface area contributed by atoms with Crippen LogP contribution in [0.3, 0.4) is 0 Å². The molecule has 0 N–H and O–H groups in total. The highest BCUT2D eigenvalue weighted by Crippen LogP contribution is 2.13. The van der Waals surface area contributed by atoms with E-state index in [1.165, 1.54) is 0 Å². The lowest BCUT2D eigenvalue weighted by molar-refractivity contribution is -0.123. The number of carbonyl (C=O) groups is 1. The normalized spacial score (nSPS) is 23.4. The van der Waals surface area contributed by atoms with Crippen molar-refractivity contribution in [2.45, 2.75) is 13.3 Å². The minimum absolute atomic E-state index is 0.166. The highest BCUT2D eigenvalue weighted by molar-refractivity contribution is 5.83. The Balaban J connectivity index is 2.27. The molecule has 1 atom stereocenters. The summed E-state index contributed by atoms with van der Waals surface area (Å²) in [6.07, 6.45) is 0.913. The van der Waals surface area contributed by atoms with Gasteiger partial charge in [-0.05, 0) is 20.0 Å². The second-order valence-corrected chi connectivity index (χ2v) is 3.36. The number of ketones is 1. The number of hydrogen-bond donors (Lipinski definition) is 0. The van der Waals surface area contributed by atoms with Crippen LogP contribution in [0.2, 0.25) is 0 Å². The molecule has 1 rings (SSSR count). The molecule has 0 spiro atoms. The number of hydrogen-bond acceptors (Lipinski definition) is 3. The summed E-state index contributed by atoms with van der Waals surface area (Å²) in [5.41, 5.74) is 0. The molecule has 0 aliphatic carbocycles. The van der Waals surface area contributed by atoms with E-state index < -0.39 is 0 Å². The number of rotatable bonds is 4. The van der Waals surface area contributed by atoms with Gasteiger partial charge in [0.25, 0.3) is 0 Å². The van der Waals surface area contributed by atoms with Gasteiger partial charge in [-0.3, -0.25) is 9.69 Å². The van der Waals surface area contributed by atoms with Crippen molar-refractivity contribution in [3.8, 4) is 0 Å². The third kappa shape index (κ3) is 2.57. The van der Waals surface area contributed by atoms with Crippen molar-refractivity contribution < 1.29 is 9.53 Å². The number of carbonyl (C=O) groups excluding carboxylic acids is 1. The lowest BCUT2D eigenvalue weighted by Gasteiger charge is -2.14. The van der Waals surface area contributed by atoms with Crippen LogP contribution in [0.15, 0.2) is 0 Å². The molecular formula is C9H17NO2. The lowest BCUT2D eigenvalue weighted by atomic mass is 10.0. The third-order valence-corrected chi connectivity index (χ3v) is 2.35. The van der Waals surface area contributed by atoms with E-state index in [2.05, 4.69) is 6.92 Å². The van der Waals surface area contributed by atoms with Gasteiger partial charge in [-0.2, -0.15) is 0 Å². The summed E-state index contributed by atoms with van der Waals surface area (Å²) in [6.45, 7) is 4.95. The average Bonchev–Trinajstić information content (AvgIpc) is 2.56. The molecule has 3 nitrogen and oxygen atoms in total. The van der Waals surface area contributed by atoms with Crippen molar-refractivity contribution in [1.29, 1.82) is 0 Å². The van der Waals surface area contributed by atoms with Crippen LogP contribution in [0, 0.1) is 5.92 Å². The van der Waals surface area contributed by atoms with Crippen molar-refractivity contribution in [2.24, 2.45) is 5.92 Å². The first-order valence-electron chi connectivity index (χ1n) is 4.53. The molecule has 1 fully saturated rings. The molecule has 0 aromatic heterocycles. The van der Waals surface area contributed by atoms with Crippen LogP contribution < -0.4 is 0 Å². The first kappa shape index (κ1) is 9.68. The molecular weight excluding hydrogens is 154 g/mol. The monoisotopic (exact) mass is 171 g/mol. The summed E-state index contributed by atoms with van der Waals surface area (Å²) in [4.78, 5) is 13.5. The van der Waals surface area contributed by atoms with Gasteiger partial charge in [-0.25, -0.2) is 0 Å². The third-order valence-electron chi connectivity index (χ3n) is 2.35. The first-order valence-corrected chi connectivity index (χ1v) is 4.53. The van der Waals surface area contributed by atoms with Gasteiger partial charge in [0.2, 0.25) is 0 Å². The molecule has 1 unspecified atom stereocenters. The quantitative estimate of drug-likeness (QED) is 0.618. The van der Waals surface area contributed by atoms with E-state index in [1.807, 2.05) is 11.9 Å². The van der Waals surface area contributed by atoms with E-state index >= 15 is 0 Å². The molecule has 0 aromatic rings. The highest BCUT2D eigenvalue weighted by atomic mass is 16.5. The average molecular weight is 171 g/mol. The van der Waals surface area contributed by atoms with Gasteiger partial charge in [0.05, 0.1) is 13.2 Å². The van der Waals surface area contributed by atoms with Gasteiger partial charge < -0.3 is 4.74 Å². The summed E-state index contributed by atoms with van der Waals surface area (Å²) in [6, 6.07) is 0. The Hall–Kier alpha value is -0.410. The van der Waals surface area contributed by atoms with Gasteiger partial charge in [0.1, 0.15) is 0 Å². The maximum atomic E-state index is 11.5. The van der Waals surface area contributed by atoms with Crippen LogP contribution >= 0.6 is 0 Å². The Morgan fingerprint density at radius 1 is 1.67 bits per heavy atom. The number of likely N-dealkylation sites (N-methyl/N-ethyl adjacent to an activating group) is 1. The van der Waals surface area contributed by atoms with Crippen molar-refractivity contribution in [3.63, 3.8) is 0 Å². The van der Waals surface area contributed by atoms with Crippen LogP contribution in [0.5, 0.6) is 0 Å². The van der Waals surface area contributed by atoms with Gasteiger partial charge in [0.15, 0.2) is 5.78 Å². The van der Waals surface area contributed by atoms with Crippen LogP contribution in [0.25, 0.3) is 0 Å². The maximum Gasteiger partial charge on any atom is 0.152 e.